The molecule has 0 radical (unpaired) electrons. The fourth-order valence-corrected chi connectivity index (χ4v) is 2.19. The van der Waals surface area contributed by atoms with Crippen LogP contribution in [-0.4, -0.2) is 6.54 Å². The van der Waals surface area contributed by atoms with Gasteiger partial charge >= 0.3 is 0 Å². The molecule has 1 aromatic carbocycles. The van der Waals surface area contributed by atoms with E-state index in [4.69, 9.17) is 0 Å². The second kappa shape index (κ2) is 4.31. The summed E-state index contributed by atoms with van der Waals surface area (Å²) >= 11 is 0. The molecule has 1 aliphatic rings. The van der Waals surface area contributed by atoms with Crippen LogP contribution in [0.5, 0.6) is 0 Å². The van der Waals surface area contributed by atoms with Gasteiger partial charge in [-0.05, 0) is 42.5 Å². The first-order valence-electron chi connectivity index (χ1n) is 5.71. The molecule has 1 fully saturated rings. The second-order valence-corrected chi connectivity index (χ2v) is 4.58. The summed E-state index contributed by atoms with van der Waals surface area (Å²) in [6.07, 6.45) is 2.39. The smallest absolute Gasteiger partial charge is 0.126 e. The average Bonchev–Trinajstić information content (AvgIpc) is 2.71. The molecule has 1 aliphatic heterocycles. The van der Waals surface area contributed by atoms with Crippen molar-refractivity contribution in [2.75, 3.05) is 6.54 Å². The van der Waals surface area contributed by atoms with Crippen LogP contribution in [0.15, 0.2) is 18.2 Å². The second-order valence-electron chi connectivity index (χ2n) is 4.58. The van der Waals surface area contributed by atoms with Gasteiger partial charge in [0.25, 0.3) is 0 Å². The quantitative estimate of drug-likeness (QED) is 0.784. The standard InChI is InChI=1S/C13H18FN/c1-9(2)11-8-10(5-6-12(11)14)13-4-3-7-15-13/h5-6,8-9,13,15H,3-4,7H2,1-2H3. The molecule has 1 aromatic rings. The van der Waals surface area contributed by atoms with Gasteiger partial charge in [0.05, 0.1) is 0 Å². The molecule has 0 aromatic heterocycles. The van der Waals surface area contributed by atoms with Crippen LogP contribution in [0.3, 0.4) is 0 Å². The lowest BCUT2D eigenvalue weighted by Crippen LogP contribution is -2.13. The Labute approximate surface area is 90.7 Å². The summed E-state index contributed by atoms with van der Waals surface area (Å²) < 4.78 is 13.5. The van der Waals surface area contributed by atoms with E-state index in [1.807, 2.05) is 26.0 Å². The van der Waals surface area contributed by atoms with Crippen LogP contribution in [0.1, 0.15) is 49.8 Å². The maximum absolute atomic E-state index is 13.5. The van der Waals surface area contributed by atoms with Gasteiger partial charge in [0.1, 0.15) is 5.82 Å². The molecule has 0 aliphatic carbocycles. The summed E-state index contributed by atoms with van der Waals surface area (Å²) in [6.45, 7) is 5.15. The van der Waals surface area contributed by atoms with Gasteiger partial charge < -0.3 is 5.32 Å². The van der Waals surface area contributed by atoms with Crippen molar-refractivity contribution in [2.45, 2.75) is 38.6 Å². The van der Waals surface area contributed by atoms with Crippen LogP contribution in [0.2, 0.25) is 0 Å². The Morgan fingerprint density at radius 2 is 2.20 bits per heavy atom. The molecule has 0 amide bonds. The molecule has 82 valence electrons. The van der Waals surface area contributed by atoms with E-state index < -0.39 is 0 Å². The first kappa shape index (κ1) is 10.6. The van der Waals surface area contributed by atoms with E-state index in [2.05, 4.69) is 5.32 Å². The van der Waals surface area contributed by atoms with E-state index in [0.29, 0.717) is 6.04 Å². The normalized spacial score (nSPS) is 21.2. The van der Waals surface area contributed by atoms with Gasteiger partial charge in [-0.1, -0.05) is 26.0 Å². The molecular weight excluding hydrogens is 189 g/mol. The number of hydrogen-bond donors (Lipinski definition) is 1. The molecule has 0 saturated carbocycles. The number of halogens is 1. The number of hydrogen-bond acceptors (Lipinski definition) is 1. The predicted octanol–water partition coefficient (Wildman–Crippen LogP) is 3.37. The van der Waals surface area contributed by atoms with Crippen LogP contribution in [0.25, 0.3) is 0 Å². The monoisotopic (exact) mass is 207 g/mol. The molecule has 15 heavy (non-hydrogen) atoms. The van der Waals surface area contributed by atoms with Crippen molar-refractivity contribution >= 4 is 0 Å². The van der Waals surface area contributed by atoms with E-state index >= 15 is 0 Å². The molecule has 1 unspecified atom stereocenters. The molecule has 1 atom stereocenters. The van der Waals surface area contributed by atoms with Crippen molar-refractivity contribution in [3.05, 3.63) is 35.1 Å². The lowest BCUT2D eigenvalue weighted by atomic mass is 9.96. The Balaban J connectivity index is 2.29. The Morgan fingerprint density at radius 3 is 2.80 bits per heavy atom. The Kier molecular flexibility index (Phi) is 3.06. The largest absolute Gasteiger partial charge is 0.310 e. The fourth-order valence-electron chi connectivity index (χ4n) is 2.19. The van der Waals surface area contributed by atoms with Crippen LogP contribution >= 0.6 is 0 Å². The topological polar surface area (TPSA) is 12.0 Å². The van der Waals surface area contributed by atoms with Gasteiger partial charge in [-0.25, -0.2) is 4.39 Å². The van der Waals surface area contributed by atoms with Gasteiger partial charge in [0.2, 0.25) is 0 Å². The lowest BCUT2D eigenvalue weighted by molar-refractivity contribution is 0.590. The zero-order chi connectivity index (χ0) is 10.8. The fraction of sp³-hybridized carbons (Fsp3) is 0.538. The van der Waals surface area contributed by atoms with Gasteiger partial charge in [0.15, 0.2) is 0 Å². The molecule has 1 N–H and O–H groups in total. The van der Waals surface area contributed by atoms with Crippen molar-refractivity contribution in [1.82, 2.24) is 5.32 Å². The third-order valence-corrected chi connectivity index (χ3v) is 3.10. The first-order valence-corrected chi connectivity index (χ1v) is 5.71. The molecule has 1 saturated heterocycles. The minimum absolute atomic E-state index is 0.0771. The Hall–Kier alpha value is -0.890. The molecule has 2 rings (SSSR count). The first-order chi connectivity index (χ1) is 7.18. The number of benzene rings is 1. The van der Waals surface area contributed by atoms with E-state index in [9.17, 15) is 4.39 Å². The summed E-state index contributed by atoms with van der Waals surface area (Å²) in [7, 11) is 0. The van der Waals surface area contributed by atoms with Gasteiger partial charge in [0, 0.05) is 6.04 Å². The predicted molar refractivity (Wildman–Crippen MR) is 60.5 cm³/mol. The third-order valence-electron chi connectivity index (χ3n) is 3.10. The number of nitrogens with one attached hydrogen (secondary N) is 1. The molecule has 2 heteroatoms. The lowest BCUT2D eigenvalue weighted by Gasteiger charge is -2.14. The maximum atomic E-state index is 13.5. The van der Waals surface area contributed by atoms with E-state index in [1.54, 1.807) is 6.07 Å². The van der Waals surface area contributed by atoms with Crippen molar-refractivity contribution in [3.8, 4) is 0 Å². The van der Waals surface area contributed by atoms with E-state index in [-0.39, 0.29) is 11.7 Å². The summed E-state index contributed by atoms with van der Waals surface area (Å²) in [5.74, 6) is 0.179. The van der Waals surface area contributed by atoms with E-state index in [0.717, 1.165) is 12.1 Å². The maximum Gasteiger partial charge on any atom is 0.126 e. The minimum atomic E-state index is -0.0771. The molecule has 0 spiro atoms. The Bertz CT molecular complexity index is 340. The van der Waals surface area contributed by atoms with Gasteiger partial charge in [-0.3, -0.25) is 0 Å². The highest BCUT2D eigenvalue weighted by atomic mass is 19.1. The van der Waals surface area contributed by atoms with Crippen LogP contribution in [0.4, 0.5) is 4.39 Å². The molecular formula is C13H18FN. The average molecular weight is 207 g/mol. The van der Waals surface area contributed by atoms with Crippen LogP contribution in [-0.2, 0) is 0 Å². The molecule has 0 bridgehead atoms. The SMILES string of the molecule is CC(C)c1cc(C2CCCN2)ccc1F. The summed E-state index contributed by atoms with van der Waals surface area (Å²) in [5, 5.41) is 3.44. The highest BCUT2D eigenvalue weighted by molar-refractivity contribution is 5.29. The Morgan fingerprint density at radius 1 is 1.40 bits per heavy atom. The zero-order valence-electron chi connectivity index (χ0n) is 9.39. The highest BCUT2D eigenvalue weighted by Gasteiger charge is 2.17. The van der Waals surface area contributed by atoms with Crippen molar-refractivity contribution < 1.29 is 4.39 Å². The number of rotatable bonds is 2. The zero-order valence-corrected chi connectivity index (χ0v) is 9.39. The van der Waals surface area contributed by atoms with Crippen molar-refractivity contribution in [3.63, 3.8) is 0 Å². The van der Waals surface area contributed by atoms with Crippen molar-refractivity contribution in [1.29, 1.82) is 0 Å². The summed E-state index contributed by atoms with van der Waals surface area (Å²) in [5.41, 5.74) is 2.07. The third kappa shape index (κ3) is 2.20. The van der Waals surface area contributed by atoms with Crippen LogP contribution < -0.4 is 5.32 Å². The van der Waals surface area contributed by atoms with Crippen molar-refractivity contribution in [2.24, 2.45) is 0 Å². The van der Waals surface area contributed by atoms with Gasteiger partial charge in [-0.2, -0.15) is 0 Å². The highest BCUT2D eigenvalue weighted by Crippen LogP contribution is 2.27. The minimum Gasteiger partial charge on any atom is -0.310 e. The van der Waals surface area contributed by atoms with Gasteiger partial charge in [-0.15, -0.1) is 0 Å². The van der Waals surface area contributed by atoms with E-state index in [1.165, 1.54) is 18.4 Å². The molecule has 1 nitrogen and oxygen atoms in total. The summed E-state index contributed by atoms with van der Waals surface area (Å²) in [6, 6.07) is 5.96. The van der Waals surface area contributed by atoms with Crippen LogP contribution in [0, 0.1) is 5.82 Å². The summed E-state index contributed by atoms with van der Waals surface area (Å²) in [4.78, 5) is 0. The molecule has 1 heterocycles.